The lowest BCUT2D eigenvalue weighted by Gasteiger charge is -2.17. The molecule has 3 rings (SSSR count). The van der Waals surface area contributed by atoms with E-state index in [1.165, 1.54) is 0 Å². The van der Waals surface area contributed by atoms with Gasteiger partial charge in [-0.05, 0) is 25.2 Å². The summed E-state index contributed by atoms with van der Waals surface area (Å²) in [5.74, 6) is 1.61. The van der Waals surface area contributed by atoms with Crippen LogP contribution in [0.5, 0.6) is 0 Å². The van der Waals surface area contributed by atoms with E-state index in [0.717, 1.165) is 28.3 Å². The molecule has 0 saturated heterocycles. The van der Waals surface area contributed by atoms with E-state index in [-0.39, 0.29) is 0 Å². The average molecular weight is 268 g/mol. The lowest BCUT2D eigenvalue weighted by molar-refractivity contribution is 0.615. The third kappa shape index (κ3) is 2.23. The monoisotopic (exact) mass is 268 g/mol. The van der Waals surface area contributed by atoms with Crippen LogP contribution in [-0.4, -0.2) is 24.1 Å². The Hall–Kier alpha value is -2.40. The molecule has 0 fully saturated rings. The Morgan fingerprint density at radius 3 is 2.95 bits per heavy atom. The zero-order chi connectivity index (χ0) is 13.9. The normalized spacial score (nSPS) is 10.9. The highest BCUT2D eigenvalue weighted by atomic mass is 16.3. The maximum atomic E-state index is 5.57. The van der Waals surface area contributed by atoms with Crippen molar-refractivity contribution in [1.82, 2.24) is 15.3 Å². The Kier molecular flexibility index (Phi) is 3.35. The maximum absolute atomic E-state index is 5.57. The van der Waals surface area contributed by atoms with Gasteiger partial charge >= 0.3 is 0 Å². The smallest absolute Gasteiger partial charge is 0.144 e. The third-order valence-electron chi connectivity index (χ3n) is 3.19. The van der Waals surface area contributed by atoms with Crippen LogP contribution in [0.2, 0.25) is 0 Å². The van der Waals surface area contributed by atoms with Crippen molar-refractivity contribution in [1.29, 1.82) is 0 Å². The molecular weight excluding hydrogens is 252 g/mol. The van der Waals surface area contributed by atoms with Crippen molar-refractivity contribution in [2.45, 2.75) is 6.54 Å². The van der Waals surface area contributed by atoms with Gasteiger partial charge in [-0.2, -0.15) is 0 Å². The lowest BCUT2D eigenvalue weighted by Crippen LogP contribution is -2.14. The minimum absolute atomic E-state index is 0.647. The lowest BCUT2D eigenvalue weighted by atomic mass is 10.2. The van der Waals surface area contributed by atoms with E-state index in [9.17, 15) is 0 Å². The molecule has 0 atom stereocenters. The highest BCUT2D eigenvalue weighted by Gasteiger charge is 2.12. The first-order valence-electron chi connectivity index (χ1n) is 6.46. The molecule has 2 heterocycles. The Morgan fingerprint density at radius 1 is 1.25 bits per heavy atom. The van der Waals surface area contributed by atoms with Crippen molar-refractivity contribution in [3.63, 3.8) is 0 Å². The summed E-state index contributed by atoms with van der Waals surface area (Å²) >= 11 is 0. The van der Waals surface area contributed by atoms with Crippen LogP contribution in [0.3, 0.4) is 0 Å². The maximum Gasteiger partial charge on any atom is 0.144 e. The minimum atomic E-state index is 0.647. The molecule has 0 aliphatic heterocycles. The van der Waals surface area contributed by atoms with Gasteiger partial charge in [0.15, 0.2) is 0 Å². The number of hydrogen-bond acceptors (Lipinski definition) is 5. The first-order valence-corrected chi connectivity index (χ1v) is 6.46. The molecular formula is C15H16N4O. The minimum Gasteiger partial charge on any atom is -0.462 e. The summed E-state index contributed by atoms with van der Waals surface area (Å²) in [6, 6.07) is 9.85. The molecule has 0 radical (unpaired) electrons. The molecule has 102 valence electrons. The van der Waals surface area contributed by atoms with Crippen molar-refractivity contribution < 1.29 is 4.42 Å². The fourth-order valence-electron chi connectivity index (χ4n) is 2.17. The first-order chi connectivity index (χ1) is 9.79. The highest BCUT2D eigenvalue weighted by molar-refractivity contribution is 5.92. The molecule has 3 aromatic rings. The molecule has 1 N–H and O–H groups in total. The zero-order valence-electron chi connectivity index (χ0n) is 11.5. The van der Waals surface area contributed by atoms with Gasteiger partial charge in [0, 0.05) is 18.6 Å². The van der Waals surface area contributed by atoms with Gasteiger partial charge in [0.1, 0.15) is 23.5 Å². The highest BCUT2D eigenvalue weighted by Crippen LogP contribution is 2.31. The van der Waals surface area contributed by atoms with Crippen molar-refractivity contribution in [2.75, 3.05) is 19.0 Å². The number of anilines is 2. The average Bonchev–Trinajstić information content (AvgIpc) is 2.91. The Labute approximate surface area is 117 Å². The van der Waals surface area contributed by atoms with Crippen LogP contribution >= 0.6 is 0 Å². The third-order valence-corrected chi connectivity index (χ3v) is 3.19. The van der Waals surface area contributed by atoms with Crippen LogP contribution < -0.4 is 10.2 Å². The van der Waals surface area contributed by atoms with Gasteiger partial charge in [0.05, 0.1) is 12.2 Å². The van der Waals surface area contributed by atoms with Gasteiger partial charge in [0.25, 0.3) is 0 Å². The van der Waals surface area contributed by atoms with Gasteiger partial charge in [-0.1, -0.05) is 12.1 Å². The molecule has 0 amide bonds. The Balaban J connectivity index is 1.99. The summed E-state index contributed by atoms with van der Waals surface area (Å²) in [6.45, 7) is 0.647. The van der Waals surface area contributed by atoms with Gasteiger partial charge < -0.3 is 14.6 Å². The van der Waals surface area contributed by atoms with E-state index >= 15 is 0 Å². The Bertz CT molecular complexity index is 722. The van der Waals surface area contributed by atoms with E-state index in [2.05, 4.69) is 15.3 Å². The quantitative estimate of drug-likeness (QED) is 0.788. The number of rotatable bonds is 4. The molecule has 5 nitrogen and oxygen atoms in total. The fraction of sp³-hybridized carbons (Fsp3) is 0.200. The molecule has 2 aromatic heterocycles. The largest absolute Gasteiger partial charge is 0.462 e. The molecule has 0 unspecified atom stereocenters. The van der Waals surface area contributed by atoms with Crippen molar-refractivity contribution in [3.8, 4) is 0 Å². The number of furan rings is 1. The second kappa shape index (κ2) is 5.30. The van der Waals surface area contributed by atoms with E-state index in [4.69, 9.17) is 4.42 Å². The summed E-state index contributed by atoms with van der Waals surface area (Å²) < 4.78 is 5.57. The van der Waals surface area contributed by atoms with Gasteiger partial charge in [-0.15, -0.1) is 0 Å². The van der Waals surface area contributed by atoms with E-state index in [0.29, 0.717) is 6.54 Å². The topological polar surface area (TPSA) is 54.2 Å². The van der Waals surface area contributed by atoms with E-state index in [1.807, 2.05) is 49.3 Å². The number of hydrogen-bond donors (Lipinski definition) is 1. The van der Waals surface area contributed by atoms with Crippen LogP contribution in [-0.2, 0) is 6.54 Å². The van der Waals surface area contributed by atoms with Crippen molar-refractivity contribution >= 4 is 22.5 Å². The molecule has 0 spiro atoms. The van der Waals surface area contributed by atoms with E-state index < -0.39 is 0 Å². The second-order valence-corrected chi connectivity index (χ2v) is 4.54. The van der Waals surface area contributed by atoms with Crippen LogP contribution in [0, 0.1) is 0 Å². The number of benzene rings is 1. The number of nitrogens with zero attached hydrogens (tertiary/aromatic N) is 3. The molecule has 5 heteroatoms. The predicted molar refractivity (Wildman–Crippen MR) is 79.1 cm³/mol. The molecule has 0 aliphatic carbocycles. The van der Waals surface area contributed by atoms with Crippen molar-refractivity contribution in [3.05, 3.63) is 48.6 Å². The standard InChI is InChI=1S/C15H16N4O/c1-16-9-14-17-8-7-15(18-14)19(2)12-10-20-13-6-4-3-5-11(12)13/h3-8,10,16H,9H2,1-2H3. The molecule has 20 heavy (non-hydrogen) atoms. The molecule has 0 bridgehead atoms. The summed E-state index contributed by atoms with van der Waals surface area (Å²) in [5, 5.41) is 4.13. The summed E-state index contributed by atoms with van der Waals surface area (Å²) in [4.78, 5) is 10.8. The van der Waals surface area contributed by atoms with Crippen molar-refractivity contribution in [2.24, 2.45) is 0 Å². The summed E-state index contributed by atoms with van der Waals surface area (Å²) in [6.07, 6.45) is 3.53. The predicted octanol–water partition coefficient (Wildman–Crippen LogP) is 2.71. The second-order valence-electron chi connectivity index (χ2n) is 4.54. The SMILES string of the molecule is CNCc1nccc(N(C)c2coc3ccccc23)n1. The number of aromatic nitrogens is 2. The number of nitrogens with one attached hydrogen (secondary N) is 1. The molecule has 0 aliphatic rings. The first kappa shape index (κ1) is 12.6. The van der Waals surface area contributed by atoms with E-state index in [1.54, 1.807) is 12.5 Å². The van der Waals surface area contributed by atoms with Gasteiger partial charge in [-0.3, -0.25) is 0 Å². The van der Waals surface area contributed by atoms with Crippen LogP contribution in [0.15, 0.2) is 47.2 Å². The van der Waals surface area contributed by atoms with Crippen LogP contribution in [0.4, 0.5) is 11.5 Å². The summed E-state index contributed by atoms with van der Waals surface area (Å²) in [5.41, 5.74) is 1.87. The fourth-order valence-corrected chi connectivity index (χ4v) is 2.17. The van der Waals surface area contributed by atoms with Crippen LogP contribution in [0.25, 0.3) is 11.0 Å². The molecule has 1 aromatic carbocycles. The zero-order valence-corrected chi connectivity index (χ0v) is 11.5. The number of fused-ring (bicyclic) bond motifs is 1. The summed E-state index contributed by atoms with van der Waals surface area (Å²) in [7, 11) is 3.85. The van der Waals surface area contributed by atoms with Gasteiger partial charge in [-0.25, -0.2) is 9.97 Å². The van der Waals surface area contributed by atoms with Gasteiger partial charge in [0.2, 0.25) is 0 Å². The molecule has 0 saturated carbocycles. The Morgan fingerprint density at radius 2 is 2.10 bits per heavy atom. The van der Waals surface area contributed by atoms with Crippen LogP contribution in [0.1, 0.15) is 5.82 Å². The number of para-hydroxylation sites is 1.